The molecule has 1 aliphatic carbocycles. The maximum atomic E-state index is 14.6. The summed E-state index contributed by atoms with van der Waals surface area (Å²) in [6.45, 7) is 4.83. The molecule has 3 aromatic heterocycles. The lowest BCUT2D eigenvalue weighted by atomic mass is 9.79. The summed E-state index contributed by atoms with van der Waals surface area (Å²) < 4.78 is 54.9. The molecule has 17 heteroatoms. The molecule has 57 heavy (non-hydrogen) atoms. The van der Waals surface area contributed by atoms with Crippen molar-refractivity contribution in [3.05, 3.63) is 75.7 Å². The van der Waals surface area contributed by atoms with Crippen molar-refractivity contribution in [3.8, 4) is 34.3 Å². The van der Waals surface area contributed by atoms with E-state index in [2.05, 4.69) is 35.8 Å². The number of methoxy groups -OCH3 is 2. The van der Waals surface area contributed by atoms with E-state index in [-0.39, 0.29) is 40.8 Å². The number of anilines is 1. The monoisotopic (exact) mass is 803 g/mol. The Morgan fingerprint density at radius 3 is 2.19 bits per heavy atom. The van der Waals surface area contributed by atoms with Crippen LogP contribution in [0.15, 0.2) is 42.6 Å². The zero-order valence-electron chi connectivity index (χ0n) is 31.4. The van der Waals surface area contributed by atoms with Crippen LogP contribution in [0.4, 0.5) is 19.0 Å². The average Bonchev–Trinajstić information content (AvgIpc) is 3.88. The molecule has 4 saturated heterocycles. The number of halogens is 4. The first-order valence-corrected chi connectivity index (χ1v) is 19.3. The van der Waals surface area contributed by atoms with Crippen molar-refractivity contribution in [2.24, 2.45) is 10.8 Å². The number of aromatic nitrogens is 4. The van der Waals surface area contributed by atoms with Gasteiger partial charge in [0.05, 0.1) is 36.7 Å². The zero-order chi connectivity index (χ0) is 39.7. The molecular formula is C40H41ClF3N9O4. The molecule has 4 fully saturated rings. The van der Waals surface area contributed by atoms with Crippen LogP contribution in [0.5, 0.6) is 11.8 Å². The van der Waals surface area contributed by atoms with E-state index in [1.807, 2.05) is 35.2 Å². The molecule has 4 aromatic rings. The van der Waals surface area contributed by atoms with Gasteiger partial charge in [-0.15, -0.1) is 0 Å². The van der Waals surface area contributed by atoms with Crippen LogP contribution in [0.3, 0.4) is 0 Å². The number of benzene rings is 1. The van der Waals surface area contributed by atoms with Gasteiger partial charge in [-0.3, -0.25) is 24.4 Å². The van der Waals surface area contributed by atoms with Crippen molar-refractivity contribution < 1.29 is 32.2 Å². The normalized spacial score (nSPS) is 20.9. The van der Waals surface area contributed by atoms with E-state index in [1.54, 1.807) is 19.4 Å². The van der Waals surface area contributed by atoms with Crippen LogP contribution in [-0.2, 0) is 35.3 Å². The largest absolute Gasteiger partial charge is 0.481 e. The van der Waals surface area contributed by atoms with Crippen molar-refractivity contribution >= 4 is 29.2 Å². The second-order valence-electron chi connectivity index (χ2n) is 16.1. The highest BCUT2D eigenvalue weighted by atomic mass is 35.5. The summed E-state index contributed by atoms with van der Waals surface area (Å²) in [5, 5.41) is 9.23. The number of fused-ring (bicyclic) bond motifs is 1. The summed E-state index contributed by atoms with van der Waals surface area (Å²) in [7, 11) is 2.95. The summed E-state index contributed by atoms with van der Waals surface area (Å²) in [4.78, 5) is 45.7. The number of nitrogens with zero attached hydrogens (tertiary/aromatic N) is 6. The second kappa shape index (κ2) is 14.1. The topological polar surface area (TPSA) is 147 Å². The van der Waals surface area contributed by atoms with E-state index in [1.165, 1.54) is 7.11 Å². The van der Waals surface area contributed by atoms with Crippen molar-refractivity contribution in [3.63, 3.8) is 0 Å². The van der Waals surface area contributed by atoms with Gasteiger partial charge in [-0.2, -0.15) is 18.2 Å². The van der Waals surface area contributed by atoms with Crippen molar-refractivity contribution in [1.82, 2.24) is 40.4 Å². The molecule has 4 aliphatic heterocycles. The number of ether oxygens (including phenoxy) is 2. The predicted octanol–water partition coefficient (Wildman–Crippen LogP) is 5.03. The lowest BCUT2D eigenvalue weighted by Gasteiger charge is -2.47. The standard InChI is InChI=1S/C40H41ClF3N9O4/c1-56-36-22(14-52-18-38(19-52)12-30(54)46-16-38)6-8-28(50-36)26-10-11-45-33(32(26)41)25-5-3-4-24-23(25)7-9-27(24)49-35-34(40(42,43)44)48-29(37(51-35)57-2)15-53-20-39(21-53)13-31(55)47-17-39/h3-6,8,10-11,27H,7,9,12-21H2,1-2H3,(H,46,54)(H,47,55)(H,49,51)/t27-/m0/s1. The van der Waals surface area contributed by atoms with Crippen LogP contribution in [0.1, 0.15) is 53.4 Å². The molecular weight excluding hydrogens is 763 g/mol. The third kappa shape index (κ3) is 6.90. The second-order valence-corrected chi connectivity index (χ2v) is 16.4. The Morgan fingerprint density at radius 1 is 0.877 bits per heavy atom. The third-order valence-corrected chi connectivity index (χ3v) is 12.3. The van der Waals surface area contributed by atoms with Crippen LogP contribution in [0.25, 0.3) is 22.5 Å². The molecule has 0 bridgehead atoms. The lowest BCUT2D eigenvalue weighted by molar-refractivity contribution is -0.141. The maximum absolute atomic E-state index is 14.6. The molecule has 5 aliphatic rings. The van der Waals surface area contributed by atoms with Gasteiger partial charge >= 0.3 is 6.18 Å². The van der Waals surface area contributed by atoms with E-state index < -0.39 is 23.7 Å². The zero-order valence-corrected chi connectivity index (χ0v) is 32.2. The van der Waals surface area contributed by atoms with E-state index in [0.717, 1.165) is 35.3 Å². The van der Waals surface area contributed by atoms with Gasteiger partial charge < -0.3 is 25.4 Å². The Balaban J connectivity index is 0.945. The molecule has 0 radical (unpaired) electrons. The van der Waals surface area contributed by atoms with Gasteiger partial charge in [0.25, 0.3) is 0 Å². The summed E-state index contributed by atoms with van der Waals surface area (Å²) in [6, 6.07) is 10.8. The summed E-state index contributed by atoms with van der Waals surface area (Å²) >= 11 is 7.11. The fourth-order valence-corrected chi connectivity index (χ4v) is 9.70. The number of pyridine rings is 2. The third-order valence-electron chi connectivity index (χ3n) is 11.9. The molecule has 1 aromatic carbocycles. The van der Waals surface area contributed by atoms with E-state index >= 15 is 0 Å². The fraction of sp³-hybridized carbons (Fsp3) is 0.450. The van der Waals surface area contributed by atoms with Gasteiger partial charge in [0.15, 0.2) is 11.5 Å². The van der Waals surface area contributed by atoms with E-state index in [9.17, 15) is 22.8 Å². The van der Waals surface area contributed by atoms with Gasteiger partial charge in [0.1, 0.15) is 5.69 Å². The molecule has 1 atom stereocenters. The van der Waals surface area contributed by atoms with E-state index in [0.29, 0.717) is 86.3 Å². The first-order valence-electron chi connectivity index (χ1n) is 18.9. The Labute approximate surface area is 331 Å². The minimum atomic E-state index is -4.78. The fourth-order valence-electron chi connectivity index (χ4n) is 9.39. The average molecular weight is 804 g/mol. The molecule has 0 unspecified atom stereocenters. The Bertz CT molecular complexity index is 2280. The SMILES string of the molecule is COc1nc(-c2ccnc(-c3cccc4c3CC[C@@H]4Nc3nc(OC)c(CN4CC5(CNC(=O)C5)C4)nc3C(F)(F)F)c2Cl)ccc1CN1CC2(CNC(=O)C2)C1. The molecule has 9 rings (SSSR count). The van der Waals surface area contributed by atoms with Gasteiger partial charge in [0, 0.05) is 98.9 Å². The van der Waals surface area contributed by atoms with Gasteiger partial charge in [-0.25, -0.2) is 9.97 Å². The van der Waals surface area contributed by atoms with Crippen molar-refractivity contribution in [2.75, 3.05) is 58.8 Å². The number of alkyl halides is 3. The van der Waals surface area contributed by atoms with Gasteiger partial charge in [0.2, 0.25) is 23.6 Å². The van der Waals surface area contributed by atoms with E-state index in [4.69, 9.17) is 26.1 Å². The van der Waals surface area contributed by atoms with Gasteiger partial charge in [-0.1, -0.05) is 35.9 Å². The number of rotatable bonds is 10. The first kappa shape index (κ1) is 37.5. The van der Waals surface area contributed by atoms with Gasteiger partial charge in [-0.05, 0) is 36.1 Å². The Morgan fingerprint density at radius 2 is 1.56 bits per heavy atom. The summed E-state index contributed by atoms with van der Waals surface area (Å²) in [5.74, 6) is 0.189. The van der Waals surface area contributed by atoms with Crippen LogP contribution < -0.4 is 25.4 Å². The maximum Gasteiger partial charge on any atom is 0.437 e. The molecule has 3 N–H and O–H groups in total. The van der Waals surface area contributed by atoms with Crippen LogP contribution >= 0.6 is 11.6 Å². The number of carbonyl (C=O) groups excluding carboxylic acids is 2. The highest BCUT2D eigenvalue weighted by molar-refractivity contribution is 6.35. The number of nitrogens with one attached hydrogen (secondary N) is 3. The molecule has 0 saturated carbocycles. The number of carbonyl (C=O) groups is 2. The molecule has 13 nitrogen and oxygen atoms in total. The number of amides is 2. The van der Waals surface area contributed by atoms with Crippen LogP contribution in [-0.4, -0.2) is 95.0 Å². The molecule has 7 heterocycles. The number of likely N-dealkylation sites (tertiary alicyclic amines) is 2. The Hall–Kier alpha value is -5.06. The minimum absolute atomic E-state index is 0.00924. The smallest absolute Gasteiger partial charge is 0.437 e. The Kier molecular flexibility index (Phi) is 9.28. The predicted molar refractivity (Wildman–Crippen MR) is 203 cm³/mol. The highest BCUT2D eigenvalue weighted by Gasteiger charge is 2.49. The molecule has 2 amide bonds. The molecule has 298 valence electrons. The summed E-state index contributed by atoms with van der Waals surface area (Å²) in [5.41, 5.74) is 4.05. The molecule has 2 spiro atoms. The lowest BCUT2D eigenvalue weighted by Crippen LogP contribution is -2.56. The van der Waals surface area contributed by atoms with Crippen LogP contribution in [0, 0.1) is 10.8 Å². The highest BCUT2D eigenvalue weighted by Crippen LogP contribution is 2.45. The van der Waals surface area contributed by atoms with Crippen molar-refractivity contribution in [1.29, 1.82) is 0 Å². The number of hydrogen-bond donors (Lipinski definition) is 3. The van der Waals surface area contributed by atoms with Crippen molar-refractivity contribution in [2.45, 2.75) is 51.0 Å². The summed E-state index contributed by atoms with van der Waals surface area (Å²) in [6.07, 6.45) is -1.08. The minimum Gasteiger partial charge on any atom is -0.481 e. The first-order chi connectivity index (χ1) is 27.3. The van der Waals surface area contributed by atoms with Crippen LogP contribution in [0.2, 0.25) is 5.02 Å². The quantitative estimate of drug-likeness (QED) is 0.199. The number of hydrogen-bond acceptors (Lipinski definition) is 11.